The summed E-state index contributed by atoms with van der Waals surface area (Å²) in [5.41, 5.74) is 0.867. The van der Waals surface area contributed by atoms with Crippen LogP contribution in [-0.2, 0) is 11.3 Å². The average Bonchev–Trinajstić information content (AvgIpc) is 3.11. The third kappa shape index (κ3) is 3.87. The van der Waals surface area contributed by atoms with Crippen LogP contribution in [0.5, 0.6) is 0 Å². The van der Waals surface area contributed by atoms with Gasteiger partial charge in [0.15, 0.2) is 0 Å². The highest BCUT2D eigenvalue weighted by Crippen LogP contribution is 2.23. The Hall–Kier alpha value is -2.52. The molecule has 0 atom stereocenters. The second-order valence-electron chi connectivity index (χ2n) is 5.20. The van der Waals surface area contributed by atoms with Gasteiger partial charge in [0.1, 0.15) is 5.82 Å². The van der Waals surface area contributed by atoms with Crippen molar-refractivity contribution in [1.29, 1.82) is 0 Å². The molecule has 8 nitrogen and oxygen atoms in total. The number of ether oxygens (including phenoxy) is 1. The second-order valence-corrected chi connectivity index (χ2v) is 6.26. The molecule has 1 fully saturated rings. The van der Waals surface area contributed by atoms with Gasteiger partial charge in [-0.3, -0.25) is 14.9 Å². The van der Waals surface area contributed by atoms with Crippen LogP contribution in [0.1, 0.15) is 15.2 Å². The van der Waals surface area contributed by atoms with E-state index in [0.717, 1.165) is 35.8 Å². The maximum atomic E-state index is 12.0. The number of nitrogens with one attached hydrogen (secondary N) is 1. The van der Waals surface area contributed by atoms with Gasteiger partial charge in [-0.05, 0) is 17.7 Å². The van der Waals surface area contributed by atoms with Crippen LogP contribution in [0.15, 0.2) is 30.5 Å². The Balaban J connectivity index is 1.55. The Morgan fingerprint density at radius 2 is 2.12 bits per heavy atom. The lowest BCUT2D eigenvalue weighted by Crippen LogP contribution is -2.36. The van der Waals surface area contributed by atoms with E-state index in [0.29, 0.717) is 24.6 Å². The number of carbonyl (C=O) groups is 1. The highest BCUT2D eigenvalue weighted by molar-refractivity contribution is 7.17. The first kappa shape index (κ1) is 16.3. The smallest absolute Gasteiger partial charge is 0.324 e. The first-order valence-corrected chi connectivity index (χ1v) is 8.25. The molecule has 0 spiro atoms. The molecule has 3 rings (SSSR count). The van der Waals surface area contributed by atoms with E-state index in [2.05, 4.69) is 15.2 Å². The van der Waals surface area contributed by atoms with Crippen molar-refractivity contribution in [3.63, 3.8) is 0 Å². The minimum atomic E-state index is -0.504. The normalized spacial score (nSPS) is 14.4. The fourth-order valence-electron chi connectivity index (χ4n) is 2.32. The summed E-state index contributed by atoms with van der Waals surface area (Å²) in [5.74, 6) is 0.563. The molecule has 0 aromatic carbocycles. The van der Waals surface area contributed by atoms with E-state index in [9.17, 15) is 14.9 Å². The van der Waals surface area contributed by atoms with Gasteiger partial charge in [-0.1, -0.05) is 17.4 Å². The van der Waals surface area contributed by atoms with Crippen LogP contribution in [0, 0.1) is 10.1 Å². The van der Waals surface area contributed by atoms with E-state index in [-0.39, 0.29) is 10.9 Å². The molecule has 0 unspecified atom stereocenters. The molecule has 9 heteroatoms. The molecule has 1 amide bonds. The number of aromatic nitrogens is 1. The summed E-state index contributed by atoms with van der Waals surface area (Å²) in [6.07, 6.45) is 1.72. The van der Waals surface area contributed by atoms with Crippen molar-refractivity contribution < 1.29 is 14.5 Å². The van der Waals surface area contributed by atoms with Crippen LogP contribution < -0.4 is 10.2 Å². The quantitative estimate of drug-likeness (QED) is 0.654. The third-order valence-electron chi connectivity index (χ3n) is 3.59. The molecule has 0 bridgehead atoms. The van der Waals surface area contributed by atoms with E-state index in [4.69, 9.17) is 4.74 Å². The van der Waals surface area contributed by atoms with Crippen LogP contribution in [0.3, 0.4) is 0 Å². The van der Waals surface area contributed by atoms with Crippen LogP contribution in [-0.4, -0.2) is 42.1 Å². The van der Waals surface area contributed by atoms with Crippen molar-refractivity contribution in [1.82, 2.24) is 10.3 Å². The van der Waals surface area contributed by atoms with Gasteiger partial charge in [-0.15, -0.1) is 0 Å². The minimum absolute atomic E-state index is 0.0447. The number of hydrogen-bond acceptors (Lipinski definition) is 7. The zero-order valence-corrected chi connectivity index (χ0v) is 13.6. The van der Waals surface area contributed by atoms with E-state index < -0.39 is 4.92 Å². The third-order valence-corrected chi connectivity index (χ3v) is 4.63. The Kier molecular flexibility index (Phi) is 5.02. The fraction of sp³-hybridized carbons (Fsp3) is 0.333. The number of hydrogen-bond donors (Lipinski definition) is 1. The molecule has 0 saturated carbocycles. The summed E-state index contributed by atoms with van der Waals surface area (Å²) < 4.78 is 5.31. The van der Waals surface area contributed by atoms with Crippen LogP contribution in [0.2, 0.25) is 0 Å². The predicted octanol–water partition coefficient (Wildman–Crippen LogP) is 1.82. The molecular weight excluding hydrogens is 332 g/mol. The molecule has 1 aliphatic rings. The zero-order valence-electron chi connectivity index (χ0n) is 12.8. The standard InChI is InChI=1S/C15H16N4O4S/c20-15(12-2-4-14(24-12)19(21)22)17-10-11-1-3-13(16-9-11)18-5-7-23-8-6-18/h1-4,9H,5-8,10H2,(H,17,20). The summed E-state index contributed by atoms with van der Waals surface area (Å²) in [7, 11) is 0. The average molecular weight is 348 g/mol. The Bertz CT molecular complexity index is 725. The fourth-order valence-corrected chi connectivity index (χ4v) is 3.05. The summed E-state index contributed by atoms with van der Waals surface area (Å²) >= 11 is 0.860. The Morgan fingerprint density at radius 1 is 1.33 bits per heavy atom. The molecule has 1 aliphatic heterocycles. The van der Waals surface area contributed by atoms with Gasteiger partial charge in [-0.25, -0.2) is 4.98 Å². The van der Waals surface area contributed by atoms with Crippen LogP contribution in [0.25, 0.3) is 0 Å². The first-order valence-electron chi connectivity index (χ1n) is 7.43. The molecule has 2 aromatic heterocycles. The Morgan fingerprint density at radius 3 is 2.75 bits per heavy atom. The number of morpholine rings is 1. The van der Waals surface area contributed by atoms with Crippen LogP contribution in [0.4, 0.5) is 10.8 Å². The van der Waals surface area contributed by atoms with Gasteiger partial charge >= 0.3 is 5.00 Å². The number of nitrogens with zero attached hydrogens (tertiary/aromatic N) is 3. The number of carbonyl (C=O) groups excluding carboxylic acids is 1. The first-order chi connectivity index (χ1) is 11.6. The number of pyridine rings is 1. The van der Waals surface area contributed by atoms with Gasteiger partial charge < -0.3 is 15.0 Å². The van der Waals surface area contributed by atoms with Gasteiger partial charge in [0.2, 0.25) is 0 Å². The summed E-state index contributed by atoms with van der Waals surface area (Å²) in [5, 5.41) is 13.3. The van der Waals surface area contributed by atoms with E-state index in [1.165, 1.54) is 12.1 Å². The molecule has 3 heterocycles. The number of thiophene rings is 1. The van der Waals surface area contributed by atoms with Crippen LogP contribution >= 0.6 is 11.3 Å². The van der Waals surface area contributed by atoms with Crippen molar-refractivity contribution in [2.24, 2.45) is 0 Å². The molecule has 2 aromatic rings. The maximum Gasteiger partial charge on any atom is 0.324 e. The SMILES string of the molecule is O=C(NCc1ccc(N2CCOCC2)nc1)c1ccc([N+](=O)[O-])s1. The minimum Gasteiger partial charge on any atom is -0.378 e. The lowest BCUT2D eigenvalue weighted by atomic mass is 10.2. The lowest BCUT2D eigenvalue weighted by Gasteiger charge is -2.27. The zero-order chi connectivity index (χ0) is 16.9. The number of nitro groups is 1. The topological polar surface area (TPSA) is 97.6 Å². The van der Waals surface area contributed by atoms with E-state index in [1.54, 1.807) is 6.20 Å². The molecule has 126 valence electrons. The highest BCUT2D eigenvalue weighted by Gasteiger charge is 2.15. The van der Waals surface area contributed by atoms with Gasteiger partial charge in [0.25, 0.3) is 5.91 Å². The number of rotatable bonds is 5. The van der Waals surface area contributed by atoms with Gasteiger partial charge in [0, 0.05) is 31.9 Å². The van der Waals surface area contributed by atoms with Crippen molar-refractivity contribution in [3.05, 3.63) is 51.0 Å². The monoisotopic (exact) mass is 348 g/mol. The number of amides is 1. The van der Waals surface area contributed by atoms with E-state index in [1.807, 2.05) is 12.1 Å². The summed E-state index contributed by atoms with van der Waals surface area (Å²) in [4.78, 5) is 29.0. The maximum absolute atomic E-state index is 12.0. The van der Waals surface area contributed by atoms with Crippen molar-refractivity contribution in [2.45, 2.75) is 6.54 Å². The van der Waals surface area contributed by atoms with Gasteiger partial charge in [-0.2, -0.15) is 0 Å². The molecule has 24 heavy (non-hydrogen) atoms. The van der Waals surface area contributed by atoms with Crippen molar-refractivity contribution >= 4 is 28.1 Å². The van der Waals surface area contributed by atoms with Gasteiger partial charge in [0.05, 0.1) is 23.0 Å². The molecule has 0 aliphatic carbocycles. The van der Waals surface area contributed by atoms with Crippen molar-refractivity contribution in [2.75, 3.05) is 31.2 Å². The van der Waals surface area contributed by atoms with Crippen molar-refractivity contribution in [3.8, 4) is 0 Å². The van der Waals surface area contributed by atoms with E-state index >= 15 is 0 Å². The number of anilines is 1. The summed E-state index contributed by atoms with van der Waals surface area (Å²) in [6.45, 7) is 3.36. The summed E-state index contributed by atoms with van der Waals surface area (Å²) in [6, 6.07) is 6.62. The Labute approximate surface area is 142 Å². The highest BCUT2D eigenvalue weighted by atomic mass is 32.1. The largest absolute Gasteiger partial charge is 0.378 e. The predicted molar refractivity (Wildman–Crippen MR) is 89.4 cm³/mol. The molecule has 1 N–H and O–H groups in total. The lowest BCUT2D eigenvalue weighted by molar-refractivity contribution is -0.380. The molecular formula is C15H16N4O4S. The molecule has 1 saturated heterocycles. The molecule has 0 radical (unpaired) electrons. The second kappa shape index (κ2) is 7.37.